The van der Waals surface area contributed by atoms with Gasteiger partial charge in [0, 0.05) is 17.0 Å². The number of carbonyl (C=O) groups is 1. The maximum atomic E-state index is 14.3. The fourth-order valence-corrected chi connectivity index (χ4v) is 4.03. The van der Waals surface area contributed by atoms with E-state index in [9.17, 15) is 9.18 Å². The molecule has 0 aliphatic heterocycles. The Kier molecular flexibility index (Phi) is 5.26. The van der Waals surface area contributed by atoms with Gasteiger partial charge in [0.25, 0.3) is 0 Å². The Labute approximate surface area is 171 Å². The molecule has 4 rings (SSSR count). The molecular formula is C21H18FN5OS. The predicted molar refractivity (Wildman–Crippen MR) is 109 cm³/mol. The van der Waals surface area contributed by atoms with E-state index in [1.165, 1.54) is 17.8 Å². The average molecular weight is 407 g/mol. The van der Waals surface area contributed by atoms with E-state index < -0.39 is 0 Å². The molecule has 0 saturated carbocycles. The van der Waals surface area contributed by atoms with Crippen molar-refractivity contribution < 1.29 is 9.18 Å². The van der Waals surface area contributed by atoms with Gasteiger partial charge in [0.15, 0.2) is 5.78 Å². The maximum Gasteiger partial charge on any atom is 0.214 e. The van der Waals surface area contributed by atoms with Gasteiger partial charge in [-0.1, -0.05) is 42.1 Å². The molecule has 146 valence electrons. The van der Waals surface area contributed by atoms with Gasteiger partial charge < -0.3 is 4.57 Å². The normalized spacial score (nSPS) is 11.0. The van der Waals surface area contributed by atoms with Crippen LogP contribution in [-0.4, -0.2) is 36.3 Å². The summed E-state index contributed by atoms with van der Waals surface area (Å²) in [6, 6.07) is 17.8. The molecule has 0 spiro atoms. The van der Waals surface area contributed by atoms with E-state index in [-0.39, 0.29) is 17.4 Å². The molecule has 0 amide bonds. The van der Waals surface area contributed by atoms with Crippen molar-refractivity contribution in [2.45, 2.75) is 19.0 Å². The number of para-hydroxylation sites is 2. The molecule has 0 aliphatic carbocycles. The number of rotatable bonds is 6. The van der Waals surface area contributed by atoms with Crippen LogP contribution in [0.3, 0.4) is 0 Å². The van der Waals surface area contributed by atoms with Crippen LogP contribution < -0.4 is 0 Å². The Balaban J connectivity index is 1.56. The Bertz CT molecular complexity index is 1170. The van der Waals surface area contributed by atoms with E-state index in [0.717, 1.165) is 11.4 Å². The number of hydrogen-bond donors (Lipinski definition) is 0. The average Bonchev–Trinajstić information content (AvgIpc) is 3.32. The van der Waals surface area contributed by atoms with Crippen molar-refractivity contribution in [1.82, 2.24) is 24.8 Å². The van der Waals surface area contributed by atoms with Gasteiger partial charge in [0.05, 0.1) is 17.1 Å². The van der Waals surface area contributed by atoms with Crippen molar-refractivity contribution in [1.29, 1.82) is 0 Å². The molecule has 0 fully saturated rings. The van der Waals surface area contributed by atoms with Gasteiger partial charge >= 0.3 is 0 Å². The van der Waals surface area contributed by atoms with E-state index in [2.05, 4.69) is 15.5 Å². The second-order valence-corrected chi connectivity index (χ2v) is 7.43. The quantitative estimate of drug-likeness (QED) is 0.354. The smallest absolute Gasteiger partial charge is 0.214 e. The van der Waals surface area contributed by atoms with Crippen LogP contribution >= 0.6 is 11.8 Å². The number of ketones is 1. The largest absolute Gasteiger partial charge is 0.315 e. The van der Waals surface area contributed by atoms with E-state index in [1.807, 2.05) is 44.2 Å². The number of aromatic nitrogens is 5. The highest BCUT2D eigenvalue weighted by Crippen LogP contribution is 2.25. The monoisotopic (exact) mass is 407 g/mol. The standard InChI is InChI=1S/C21H18FN5OS/c1-14-12-17(15(2)26(14)19-11-7-6-10-18(19)22)20(28)13-29-21-23-24-25-27(21)16-8-4-3-5-9-16/h3-12H,13H2,1-2H3. The zero-order valence-electron chi connectivity index (χ0n) is 15.9. The van der Waals surface area contributed by atoms with Crippen LogP contribution in [0.5, 0.6) is 0 Å². The lowest BCUT2D eigenvalue weighted by molar-refractivity contribution is 0.102. The highest BCUT2D eigenvalue weighted by molar-refractivity contribution is 7.99. The SMILES string of the molecule is Cc1cc(C(=O)CSc2nnnn2-c2ccccc2)c(C)n1-c1ccccc1F. The molecule has 0 saturated heterocycles. The van der Waals surface area contributed by atoms with Crippen molar-refractivity contribution in [2.24, 2.45) is 0 Å². The number of Topliss-reactive ketones (excluding diaryl/α,β-unsaturated/α-hetero) is 1. The summed E-state index contributed by atoms with van der Waals surface area (Å²) in [5.41, 5.74) is 3.33. The summed E-state index contributed by atoms with van der Waals surface area (Å²) in [6.45, 7) is 3.69. The number of tetrazole rings is 1. The van der Waals surface area contributed by atoms with Crippen LogP contribution in [0.1, 0.15) is 21.7 Å². The first-order chi connectivity index (χ1) is 14.1. The predicted octanol–water partition coefficient (Wildman–Crippen LogP) is 4.18. The summed E-state index contributed by atoms with van der Waals surface area (Å²) < 4.78 is 17.6. The lowest BCUT2D eigenvalue weighted by Crippen LogP contribution is -2.07. The number of nitrogens with zero attached hydrogens (tertiary/aromatic N) is 5. The fraction of sp³-hybridized carbons (Fsp3) is 0.143. The first kappa shape index (κ1) is 19.1. The molecule has 0 radical (unpaired) electrons. The molecule has 6 nitrogen and oxygen atoms in total. The van der Waals surface area contributed by atoms with Crippen LogP contribution in [0.2, 0.25) is 0 Å². The van der Waals surface area contributed by atoms with E-state index in [1.54, 1.807) is 33.5 Å². The molecule has 0 unspecified atom stereocenters. The minimum atomic E-state index is -0.329. The summed E-state index contributed by atoms with van der Waals surface area (Å²) in [5.74, 6) is -0.215. The zero-order valence-corrected chi connectivity index (χ0v) is 16.7. The van der Waals surface area contributed by atoms with E-state index in [0.29, 0.717) is 22.1 Å². The second kappa shape index (κ2) is 8.00. The summed E-state index contributed by atoms with van der Waals surface area (Å²) >= 11 is 1.27. The molecule has 2 aromatic heterocycles. The molecule has 0 N–H and O–H groups in total. The number of thioether (sulfide) groups is 1. The minimum absolute atomic E-state index is 0.0618. The van der Waals surface area contributed by atoms with Gasteiger partial charge in [-0.2, -0.15) is 4.68 Å². The van der Waals surface area contributed by atoms with E-state index >= 15 is 0 Å². The lowest BCUT2D eigenvalue weighted by Gasteiger charge is -2.10. The summed E-state index contributed by atoms with van der Waals surface area (Å²) in [6.07, 6.45) is 0. The number of halogens is 1. The Morgan fingerprint density at radius 3 is 2.55 bits per heavy atom. The molecule has 0 atom stereocenters. The highest BCUT2D eigenvalue weighted by atomic mass is 32.2. The number of benzene rings is 2. The molecule has 2 aromatic carbocycles. The van der Waals surface area contributed by atoms with Gasteiger partial charge in [0.1, 0.15) is 5.82 Å². The Morgan fingerprint density at radius 1 is 1.07 bits per heavy atom. The van der Waals surface area contributed by atoms with E-state index in [4.69, 9.17) is 0 Å². The topological polar surface area (TPSA) is 65.6 Å². The van der Waals surface area contributed by atoms with Crippen LogP contribution in [0.25, 0.3) is 11.4 Å². The van der Waals surface area contributed by atoms with Crippen LogP contribution in [0.15, 0.2) is 65.8 Å². The van der Waals surface area contributed by atoms with Crippen molar-refractivity contribution in [2.75, 3.05) is 5.75 Å². The molecule has 2 heterocycles. The molecule has 0 bridgehead atoms. The minimum Gasteiger partial charge on any atom is -0.315 e. The molecule has 0 aliphatic rings. The Hall–Kier alpha value is -3.26. The molecular weight excluding hydrogens is 389 g/mol. The van der Waals surface area contributed by atoms with Crippen molar-refractivity contribution >= 4 is 17.5 Å². The van der Waals surface area contributed by atoms with Crippen molar-refractivity contribution in [3.8, 4) is 11.4 Å². The summed E-state index contributed by atoms with van der Waals surface area (Å²) in [4.78, 5) is 12.9. The van der Waals surface area contributed by atoms with Crippen LogP contribution in [0, 0.1) is 19.7 Å². The van der Waals surface area contributed by atoms with Gasteiger partial charge in [-0.15, -0.1) is 5.10 Å². The molecule has 4 aromatic rings. The number of carbonyl (C=O) groups excluding carboxylic acids is 1. The summed E-state index contributed by atoms with van der Waals surface area (Å²) in [7, 11) is 0. The first-order valence-electron chi connectivity index (χ1n) is 9.00. The first-order valence-corrected chi connectivity index (χ1v) is 9.98. The number of hydrogen-bond acceptors (Lipinski definition) is 5. The highest BCUT2D eigenvalue weighted by Gasteiger charge is 2.19. The molecule has 8 heteroatoms. The zero-order chi connectivity index (χ0) is 20.4. The van der Waals surface area contributed by atoms with Crippen LogP contribution in [-0.2, 0) is 0 Å². The van der Waals surface area contributed by atoms with Crippen LogP contribution in [0.4, 0.5) is 4.39 Å². The van der Waals surface area contributed by atoms with Gasteiger partial charge in [-0.05, 0) is 54.6 Å². The third-order valence-electron chi connectivity index (χ3n) is 4.60. The Morgan fingerprint density at radius 2 is 1.79 bits per heavy atom. The third-order valence-corrected chi connectivity index (χ3v) is 5.52. The fourth-order valence-electron chi connectivity index (χ4n) is 3.26. The summed E-state index contributed by atoms with van der Waals surface area (Å²) in [5, 5.41) is 12.3. The van der Waals surface area contributed by atoms with Gasteiger partial charge in [-0.25, -0.2) is 4.39 Å². The van der Waals surface area contributed by atoms with Gasteiger partial charge in [0.2, 0.25) is 5.16 Å². The molecule has 29 heavy (non-hydrogen) atoms. The van der Waals surface area contributed by atoms with Crippen molar-refractivity contribution in [3.63, 3.8) is 0 Å². The second-order valence-electron chi connectivity index (χ2n) is 6.49. The lowest BCUT2D eigenvalue weighted by atomic mass is 10.2. The van der Waals surface area contributed by atoms with Crippen molar-refractivity contribution in [3.05, 3.63) is 83.4 Å². The number of aryl methyl sites for hydroxylation is 1. The maximum absolute atomic E-state index is 14.3. The van der Waals surface area contributed by atoms with Gasteiger partial charge in [-0.3, -0.25) is 4.79 Å². The third kappa shape index (κ3) is 3.71.